The van der Waals surface area contributed by atoms with Crippen molar-refractivity contribution in [3.63, 3.8) is 0 Å². The molecule has 2 aliphatic heterocycles. The van der Waals surface area contributed by atoms with Crippen molar-refractivity contribution >= 4 is 23.1 Å². The lowest BCUT2D eigenvalue weighted by molar-refractivity contribution is 0.0964. The van der Waals surface area contributed by atoms with Crippen LogP contribution < -0.4 is 15.5 Å². The van der Waals surface area contributed by atoms with Gasteiger partial charge in [-0.3, -0.25) is 19.6 Å². The van der Waals surface area contributed by atoms with Crippen molar-refractivity contribution in [2.75, 3.05) is 49.7 Å². The molecule has 0 aromatic carbocycles. The van der Waals surface area contributed by atoms with Gasteiger partial charge in [-0.1, -0.05) is 6.07 Å². The van der Waals surface area contributed by atoms with E-state index in [0.29, 0.717) is 47.1 Å². The highest BCUT2D eigenvalue weighted by Crippen LogP contribution is 2.36. The minimum Gasteiger partial charge on any atom is -0.392 e. The monoisotopic (exact) mass is 594 g/mol. The number of aliphatic hydroxyl groups excluding tert-OH is 1. The Hall–Kier alpha value is -4.32. The standard InChI is InChI=1S/C33H38N8O3/c1-36-11-13-38(14-12-36)41(31-9-5-6-10-35-31)29-18-24(21-37(2)32(29)43)25-19-34-20-30(26(25)22-42)40-16-15-39-27-8-4-3-7-23(27)17-28(39)33(40)44/h5-6,9-10,17-21,42H,3-4,7-8,11-16,22H2,1-2H3. The number of anilines is 3. The van der Waals surface area contributed by atoms with Gasteiger partial charge in [-0.05, 0) is 62.6 Å². The maximum Gasteiger partial charge on any atom is 0.275 e. The summed E-state index contributed by atoms with van der Waals surface area (Å²) in [5, 5.41) is 14.8. The third-order valence-corrected chi connectivity index (χ3v) is 9.24. The van der Waals surface area contributed by atoms with Crippen molar-refractivity contribution < 1.29 is 9.90 Å². The Morgan fingerprint density at radius 2 is 1.77 bits per heavy atom. The van der Waals surface area contributed by atoms with E-state index in [2.05, 4.69) is 37.6 Å². The number of fused-ring (bicyclic) bond motifs is 3. The number of carbonyl (C=O) groups excluding carboxylic acids is 1. The molecule has 11 heteroatoms. The molecular weight excluding hydrogens is 556 g/mol. The molecule has 4 aromatic heterocycles. The number of rotatable bonds is 6. The highest BCUT2D eigenvalue weighted by atomic mass is 16.3. The Kier molecular flexibility index (Phi) is 7.53. The van der Waals surface area contributed by atoms with E-state index >= 15 is 0 Å². The Bertz CT molecular complexity index is 1760. The Labute approximate surface area is 256 Å². The minimum atomic E-state index is -0.283. The van der Waals surface area contributed by atoms with E-state index in [-0.39, 0.29) is 18.1 Å². The molecule has 0 saturated carbocycles. The molecule has 0 atom stereocenters. The fraction of sp³-hybridized carbons (Fsp3) is 0.394. The number of carbonyl (C=O) groups is 1. The molecule has 0 spiro atoms. The lowest BCUT2D eigenvalue weighted by Crippen LogP contribution is -2.52. The van der Waals surface area contributed by atoms with Gasteiger partial charge in [-0.2, -0.15) is 0 Å². The number of nitrogens with zero attached hydrogens (tertiary/aromatic N) is 8. The maximum atomic E-state index is 13.9. The van der Waals surface area contributed by atoms with E-state index < -0.39 is 0 Å². The summed E-state index contributed by atoms with van der Waals surface area (Å²) in [7, 11) is 3.83. The number of aromatic nitrogens is 4. The Morgan fingerprint density at radius 1 is 0.955 bits per heavy atom. The lowest BCUT2D eigenvalue weighted by atomic mass is 9.98. The van der Waals surface area contributed by atoms with Gasteiger partial charge in [0, 0.05) is 87.3 Å². The molecule has 0 radical (unpaired) electrons. The van der Waals surface area contributed by atoms with Crippen LogP contribution in [0.4, 0.5) is 17.2 Å². The molecule has 11 nitrogen and oxygen atoms in total. The second-order valence-electron chi connectivity index (χ2n) is 11.9. The van der Waals surface area contributed by atoms with Crippen LogP contribution in [-0.2, 0) is 33.0 Å². The first-order valence-corrected chi connectivity index (χ1v) is 15.4. The zero-order valence-electron chi connectivity index (χ0n) is 25.3. The number of piperazine rings is 1. The van der Waals surface area contributed by atoms with Crippen molar-refractivity contribution in [1.29, 1.82) is 0 Å². The van der Waals surface area contributed by atoms with Gasteiger partial charge in [0.2, 0.25) is 0 Å². The summed E-state index contributed by atoms with van der Waals surface area (Å²) in [6.07, 6.45) is 11.2. The Balaban J connectivity index is 1.30. The summed E-state index contributed by atoms with van der Waals surface area (Å²) in [4.78, 5) is 40.8. The van der Waals surface area contributed by atoms with E-state index in [4.69, 9.17) is 0 Å². The molecule has 44 heavy (non-hydrogen) atoms. The molecule has 1 fully saturated rings. The number of pyridine rings is 3. The maximum absolute atomic E-state index is 13.9. The molecule has 1 N–H and O–H groups in total. The fourth-order valence-corrected chi connectivity index (χ4v) is 6.88. The predicted octanol–water partition coefficient (Wildman–Crippen LogP) is 2.98. The molecule has 1 saturated heterocycles. The van der Waals surface area contributed by atoms with E-state index in [1.165, 1.54) is 11.3 Å². The van der Waals surface area contributed by atoms with E-state index in [1.54, 1.807) is 41.3 Å². The largest absolute Gasteiger partial charge is 0.392 e. The van der Waals surface area contributed by atoms with Gasteiger partial charge in [0.05, 0.1) is 18.5 Å². The quantitative estimate of drug-likeness (QED) is 0.364. The summed E-state index contributed by atoms with van der Waals surface area (Å²) in [5.41, 5.74) is 6.18. The van der Waals surface area contributed by atoms with E-state index in [9.17, 15) is 14.7 Å². The van der Waals surface area contributed by atoms with E-state index in [0.717, 1.165) is 57.4 Å². The fourth-order valence-electron chi connectivity index (χ4n) is 6.88. The normalized spacial score (nSPS) is 17.4. The molecule has 0 unspecified atom stereocenters. The minimum absolute atomic E-state index is 0.0724. The van der Waals surface area contributed by atoms with Gasteiger partial charge in [0.15, 0.2) is 0 Å². The summed E-state index contributed by atoms with van der Waals surface area (Å²) in [5.74, 6) is 0.585. The number of likely N-dealkylation sites (N-methyl/N-ethyl adjacent to an activating group) is 1. The number of amides is 1. The third-order valence-electron chi connectivity index (χ3n) is 9.24. The smallest absolute Gasteiger partial charge is 0.275 e. The van der Waals surface area contributed by atoms with Crippen LogP contribution in [0.1, 0.15) is 40.2 Å². The first-order valence-electron chi connectivity index (χ1n) is 15.4. The summed E-state index contributed by atoms with van der Waals surface area (Å²) < 4.78 is 3.75. The summed E-state index contributed by atoms with van der Waals surface area (Å²) in [6, 6.07) is 9.59. The van der Waals surface area contributed by atoms with Gasteiger partial charge < -0.3 is 24.0 Å². The number of hydrogen-bond acceptors (Lipinski definition) is 8. The van der Waals surface area contributed by atoms with Crippen molar-refractivity contribution in [3.8, 4) is 11.1 Å². The zero-order chi connectivity index (χ0) is 30.4. The number of hydrazine groups is 1. The summed E-state index contributed by atoms with van der Waals surface area (Å²) >= 11 is 0. The second kappa shape index (κ2) is 11.6. The molecule has 7 rings (SSSR count). The summed E-state index contributed by atoms with van der Waals surface area (Å²) in [6.45, 7) is 4.12. The number of aliphatic hydroxyl groups is 1. The van der Waals surface area contributed by atoms with Crippen molar-refractivity contribution in [3.05, 3.63) is 88.0 Å². The van der Waals surface area contributed by atoms with Gasteiger partial charge >= 0.3 is 0 Å². The Morgan fingerprint density at radius 3 is 2.55 bits per heavy atom. The lowest BCUT2D eigenvalue weighted by Gasteiger charge is -2.40. The molecule has 3 aliphatic rings. The first-order chi connectivity index (χ1) is 21.4. The van der Waals surface area contributed by atoms with Crippen LogP contribution in [0.2, 0.25) is 0 Å². The van der Waals surface area contributed by atoms with Crippen molar-refractivity contribution in [2.24, 2.45) is 7.05 Å². The topological polar surface area (TPSA) is 103 Å². The van der Waals surface area contributed by atoms with Crippen molar-refractivity contribution in [2.45, 2.75) is 38.8 Å². The van der Waals surface area contributed by atoms with Gasteiger partial charge in [0.25, 0.3) is 11.5 Å². The van der Waals surface area contributed by atoms with Crippen molar-refractivity contribution in [1.82, 2.24) is 29.0 Å². The van der Waals surface area contributed by atoms with Crippen LogP contribution in [0.3, 0.4) is 0 Å². The first kappa shape index (κ1) is 28.5. The van der Waals surface area contributed by atoms with Crippen LogP contribution in [0.15, 0.2) is 59.9 Å². The highest BCUT2D eigenvalue weighted by Gasteiger charge is 2.32. The molecule has 1 aliphatic carbocycles. The third kappa shape index (κ3) is 4.90. The molecule has 0 bridgehead atoms. The van der Waals surface area contributed by atoms with Gasteiger partial charge in [-0.15, -0.1) is 0 Å². The van der Waals surface area contributed by atoms with Crippen LogP contribution >= 0.6 is 0 Å². The predicted molar refractivity (Wildman–Crippen MR) is 169 cm³/mol. The molecule has 1 amide bonds. The van der Waals surface area contributed by atoms with Crippen LogP contribution in [0, 0.1) is 0 Å². The van der Waals surface area contributed by atoms with Crippen LogP contribution in [0.25, 0.3) is 11.1 Å². The highest BCUT2D eigenvalue weighted by molar-refractivity contribution is 6.07. The number of aryl methyl sites for hydroxylation is 2. The second-order valence-corrected chi connectivity index (χ2v) is 11.9. The molecule has 228 valence electrons. The average Bonchev–Trinajstić information content (AvgIpc) is 3.44. The van der Waals surface area contributed by atoms with Crippen LogP contribution in [0.5, 0.6) is 0 Å². The molecule has 4 aromatic rings. The number of hydrogen-bond donors (Lipinski definition) is 1. The SMILES string of the molecule is CN1CCN(N(c2ccccn2)c2cc(-c3cncc(N4CCn5c(cc6c5CCCC6)C4=O)c3CO)cn(C)c2=O)CC1. The zero-order valence-corrected chi connectivity index (χ0v) is 25.3. The van der Waals surface area contributed by atoms with E-state index in [1.807, 2.05) is 29.3 Å². The van der Waals surface area contributed by atoms with Gasteiger partial charge in [-0.25, -0.2) is 9.99 Å². The molecule has 6 heterocycles. The van der Waals surface area contributed by atoms with Gasteiger partial charge in [0.1, 0.15) is 17.2 Å². The average molecular weight is 595 g/mol. The van der Waals surface area contributed by atoms with Crippen LogP contribution in [-0.4, -0.2) is 79.8 Å². The molecular formula is C33H38N8O3.